The van der Waals surface area contributed by atoms with Gasteiger partial charge in [-0.2, -0.15) is 0 Å². The Labute approximate surface area is 127 Å². The first kappa shape index (κ1) is 15.9. The van der Waals surface area contributed by atoms with Crippen molar-refractivity contribution < 1.29 is 9.90 Å². The number of hydrogen-bond donors (Lipinski definition) is 1. The molecule has 0 saturated carbocycles. The van der Waals surface area contributed by atoms with E-state index in [1.807, 2.05) is 37.3 Å². The molecule has 1 unspecified atom stereocenters. The third kappa shape index (κ3) is 4.26. The van der Waals surface area contributed by atoms with Gasteiger partial charge in [0, 0.05) is 24.1 Å². The van der Waals surface area contributed by atoms with Gasteiger partial charge in [-0.15, -0.1) is 0 Å². The molecule has 1 N–H and O–H groups in total. The zero-order valence-electron chi connectivity index (χ0n) is 12.9. The number of aliphatic hydroxyl groups is 1. The summed E-state index contributed by atoms with van der Waals surface area (Å²) in [5.74, 6) is 0.192. The molecule has 0 bridgehead atoms. The normalized spacial score (nSPS) is 24.0. The van der Waals surface area contributed by atoms with E-state index in [0.29, 0.717) is 6.42 Å². The first-order valence-electron chi connectivity index (χ1n) is 7.76. The van der Waals surface area contributed by atoms with Gasteiger partial charge in [0.25, 0.3) is 0 Å². The van der Waals surface area contributed by atoms with Crippen LogP contribution in [0.3, 0.4) is 0 Å². The summed E-state index contributed by atoms with van der Waals surface area (Å²) in [7, 11) is 2.06. The largest absolute Gasteiger partial charge is 0.393 e. The van der Waals surface area contributed by atoms with Crippen molar-refractivity contribution in [1.29, 1.82) is 0 Å². The van der Waals surface area contributed by atoms with E-state index in [4.69, 9.17) is 0 Å². The lowest BCUT2D eigenvalue weighted by atomic mass is 9.93. The van der Waals surface area contributed by atoms with Gasteiger partial charge in [0.1, 0.15) is 0 Å². The SMILES string of the molecule is CCC(O)C[C@H]1C=CC[C@@H](CC(=O)c2ccccc2)N1C. The minimum absolute atomic E-state index is 0.192. The summed E-state index contributed by atoms with van der Waals surface area (Å²) in [5.41, 5.74) is 0.783. The first-order chi connectivity index (χ1) is 10.1. The van der Waals surface area contributed by atoms with Crippen LogP contribution in [0.4, 0.5) is 0 Å². The maximum atomic E-state index is 12.3. The number of nitrogens with zero attached hydrogens (tertiary/aromatic N) is 1. The minimum Gasteiger partial charge on any atom is -0.393 e. The quantitative estimate of drug-likeness (QED) is 0.646. The molecule has 0 amide bonds. The lowest BCUT2D eigenvalue weighted by molar-refractivity contribution is 0.0837. The monoisotopic (exact) mass is 287 g/mol. The number of rotatable bonds is 6. The standard InChI is InChI=1S/C18H25NO2/c1-3-17(20)12-15-10-7-11-16(19(15)2)13-18(21)14-8-5-4-6-9-14/h4-10,15-17,20H,3,11-13H2,1-2H3/t15-,16+,17?/m1/s1. The maximum Gasteiger partial charge on any atom is 0.164 e. The second-order valence-electron chi connectivity index (χ2n) is 5.84. The van der Waals surface area contributed by atoms with Crippen molar-refractivity contribution in [1.82, 2.24) is 4.90 Å². The van der Waals surface area contributed by atoms with Crippen LogP contribution in [-0.2, 0) is 0 Å². The summed E-state index contributed by atoms with van der Waals surface area (Å²) in [6, 6.07) is 9.92. The second-order valence-corrected chi connectivity index (χ2v) is 5.84. The van der Waals surface area contributed by atoms with Crippen molar-refractivity contribution in [3.05, 3.63) is 48.0 Å². The lowest BCUT2D eigenvalue weighted by Crippen LogP contribution is -2.44. The van der Waals surface area contributed by atoms with E-state index in [1.165, 1.54) is 0 Å². The number of likely N-dealkylation sites (N-methyl/N-ethyl adjacent to an activating group) is 1. The molecule has 3 atom stereocenters. The van der Waals surface area contributed by atoms with Gasteiger partial charge >= 0.3 is 0 Å². The zero-order chi connectivity index (χ0) is 15.2. The molecule has 1 aliphatic heterocycles. The van der Waals surface area contributed by atoms with Crippen LogP contribution in [0.5, 0.6) is 0 Å². The molecular formula is C18H25NO2. The Balaban J connectivity index is 1.98. The smallest absolute Gasteiger partial charge is 0.164 e. The first-order valence-corrected chi connectivity index (χ1v) is 7.76. The topological polar surface area (TPSA) is 40.5 Å². The molecule has 0 saturated heterocycles. The van der Waals surface area contributed by atoms with E-state index in [9.17, 15) is 9.90 Å². The number of ketones is 1. The van der Waals surface area contributed by atoms with Gasteiger partial charge in [0.05, 0.1) is 6.10 Å². The molecule has 0 fully saturated rings. The van der Waals surface area contributed by atoms with E-state index in [1.54, 1.807) is 0 Å². The van der Waals surface area contributed by atoms with E-state index in [0.717, 1.165) is 24.8 Å². The number of hydrogen-bond acceptors (Lipinski definition) is 3. The molecule has 0 aromatic heterocycles. The van der Waals surface area contributed by atoms with Crippen LogP contribution in [-0.4, -0.2) is 41.0 Å². The third-order valence-electron chi connectivity index (χ3n) is 4.37. The minimum atomic E-state index is -0.273. The molecule has 1 aliphatic rings. The molecule has 2 rings (SSSR count). The van der Waals surface area contributed by atoms with Crippen molar-refractivity contribution >= 4 is 5.78 Å². The van der Waals surface area contributed by atoms with E-state index in [-0.39, 0.29) is 24.0 Å². The summed E-state index contributed by atoms with van der Waals surface area (Å²) >= 11 is 0. The van der Waals surface area contributed by atoms with E-state index < -0.39 is 0 Å². The van der Waals surface area contributed by atoms with Crippen LogP contribution in [0.25, 0.3) is 0 Å². The molecule has 114 valence electrons. The van der Waals surface area contributed by atoms with Crippen molar-refractivity contribution in [2.45, 2.75) is 50.8 Å². The number of aliphatic hydroxyl groups excluding tert-OH is 1. The van der Waals surface area contributed by atoms with Gasteiger partial charge in [-0.3, -0.25) is 9.69 Å². The summed E-state index contributed by atoms with van der Waals surface area (Å²) in [6.07, 6.45) is 6.96. The molecule has 1 heterocycles. The third-order valence-corrected chi connectivity index (χ3v) is 4.37. The van der Waals surface area contributed by atoms with Gasteiger partial charge in [0.15, 0.2) is 5.78 Å². The number of Topliss-reactive ketones (excluding diaryl/α,β-unsaturated/α-hetero) is 1. The van der Waals surface area contributed by atoms with Crippen molar-refractivity contribution in [2.75, 3.05) is 7.05 Å². The summed E-state index contributed by atoms with van der Waals surface area (Å²) in [5, 5.41) is 9.85. The van der Waals surface area contributed by atoms with Crippen LogP contribution in [0.15, 0.2) is 42.5 Å². The van der Waals surface area contributed by atoms with Crippen LogP contribution in [0, 0.1) is 0 Å². The molecular weight excluding hydrogens is 262 g/mol. The maximum absolute atomic E-state index is 12.3. The predicted molar refractivity (Wildman–Crippen MR) is 85.4 cm³/mol. The highest BCUT2D eigenvalue weighted by atomic mass is 16.3. The molecule has 0 spiro atoms. The van der Waals surface area contributed by atoms with Gasteiger partial charge in [0.2, 0.25) is 0 Å². The van der Waals surface area contributed by atoms with Gasteiger partial charge < -0.3 is 5.11 Å². The average molecular weight is 287 g/mol. The van der Waals surface area contributed by atoms with Crippen molar-refractivity contribution in [2.24, 2.45) is 0 Å². The van der Waals surface area contributed by atoms with E-state index in [2.05, 4.69) is 24.1 Å². The van der Waals surface area contributed by atoms with Gasteiger partial charge in [-0.1, -0.05) is 49.4 Å². The second kappa shape index (κ2) is 7.53. The number of carbonyl (C=O) groups excluding carboxylic acids is 1. The predicted octanol–water partition coefficient (Wildman–Crippen LogP) is 3.05. The molecule has 3 nitrogen and oxygen atoms in total. The molecule has 21 heavy (non-hydrogen) atoms. The fraction of sp³-hybridized carbons (Fsp3) is 0.500. The fourth-order valence-corrected chi connectivity index (χ4v) is 2.84. The van der Waals surface area contributed by atoms with Crippen LogP contribution < -0.4 is 0 Å². The van der Waals surface area contributed by atoms with Crippen LogP contribution in [0.2, 0.25) is 0 Å². The highest BCUT2D eigenvalue weighted by Crippen LogP contribution is 2.23. The summed E-state index contributed by atoms with van der Waals surface area (Å²) in [4.78, 5) is 14.6. The Kier molecular flexibility index (Phi) is 5.71. The van der Waals surface area contributed by atoms with Gasteiger partial charge in [-0.05, 0) is 26.3 Å². The Morgan fingerprint density at radius 1 is 1.38 bits per heavy atom. The van der Waals surface area contributed by atoms with E-state index >= 15 is 0 Å². The lowest BCUT2D eigenvalue weighted by Gasteiger charge is -2.37. The Morgan fingerprint density at radius 3 is 2.76 bits per heavy atom. The molecule has 3 heteroatoms. The zero-order valence-corrected chi connectivity index (χ0v) is 12.9. The summed E-state index contributed by atoms with van der Waals surface area (Å²) in [6.45, 7) is 1.99. The molecule has 0 radical (unpaired) electrons. The Morgan fingerprint density at radius 2 is 2.10 bits per heavy atom. The van der Waals surface area contributed by atoms with Crippen LogP contribution >= 0.6 is 0 Å². The fourth-order valence-electron chi connectivity index (χ4n) is 2.84. The average Bonchev–Trinajstić information content (AvgIpc) is 2.52. The van der Waals surface area contributed by atoms with Gasteiger partial charge in [-0.25, -0.2) is 0 Å². The summed E-state index contributed by atoms with van der Waals surface area (Å²) < 4.78 is 0. The number of carbonyl (C=O) groups is 1. The Bertz CT molecular complexity index is 483. The number of benzene rings is 1. The Hall–Kier alpha value is -1.45. The highest BCUT2D eigenvalue weighted by molar-refractivity contribution is 5.96. The highest BCUT2D eigenvalue weighted by Gasteiger charge is 2.27. The molecule has 0 aliphatic carbocycles. The van der Waals surface area contributed by atoms with Crippen molar-refractivity contribution in [3.8, 4) is 0 Å². The van der Waals surface area contributed by atoms with Crippen LogP contribution in [0.1, 0.15) is 43.0 Å². The molecule has 1 aromatic carbocycles. The molecule has 1 aromatic rings. The van der Waals surface area contributed by atoms with Crippen molar-refractivity contribution in [3.63, 3.8) is 0 Å².